The summed E-state index contributed by atoms with van der Waals surface area (Å²) in [6.07, 6.45) is 1.61. The molecule has 1 N–H and O–H groups in total. The molecule has 0 heterocycles. The number of nitrogens with zero attached hydrogens (tertiary/aromatic N) is 1. The van der Waals surface area contributed by atoms with Crippen molar-refractivity contribution in [1.82, 2.24) is 0 Å². The van der Waals surface area contributed by atoms with Gasteiger partial charge in [-0.3, -0.25) is 9.79 Å². The maximum atomic E-state index is 12.3. The van der Waals surface area contributed by atoms with Crippen LogP contribution in [0.4, 0.5) is 5.69 Å². The van der Waals surface area contributed by atoms with Gasteiger partial charge in [-0.25, -0.2) is 0 Å². The van der Waals surface area contributed by atoms with Gasteiger partial charge >= 0.3 is 0 Å². The first-order valence-corrected chi connectivity index (χ1v) is 7.01. The highest BCUT2D eigenvalue weighted by Crippen LogP contribution is 2.36. The summed E-state index contributed by atoms with van der Waals surface area (Å²) in [7, 11) is 0. The van der Waals surface area contributed by atoms with Gasteiger partial charge < -0.3 is 5.11 Å². The topological polar surface area (TPSA) is 49.7 Å². The van der Waals surface area contributed by atoms with Crippen molar-refractivity contribution in [3.8, 4) is 0 Å². The minimum atomic E-state index is -0.170. The molecule has 0 atom stereocenters. The monoisotopic (exact) mass is 271 g/mol. The number of carbonyl (C=O) groups excluding carboxylic acids is 1. The van der Waals surface area contributed by atoms with Gasteiger partial charge in [0.1, 0.15) is 5.76 Å². The van der Waals surface area contributed by atoms with Gasteiger partial charge in [-0.2, -0.15) is 0 Å². The van der Waals surface area contributed by atoms with Crippen LogP contribution < -0.4 is 0 Å². The van der Waals surface area contributed by atoms with Crippen LogP contribution in [0.3, 0.4) is 0 Å². The fourth-order valence-electron chi connectivity index (χ4n) is 2.59. The minimum absolute atomic E-state index is 0.00437. The molecule has 2 rings (SSSR count). The molecule has 0 aromatic heterocycles. The third-order valence-corrected chi connectivity index (χ3v) is 3.50. The van der Waals surface area contributed by atoms with Crippen LogP contribution in [0.1, 0.15) is 40.0 Å². The molecule has 0 unspecified atom stereocenters. The third kappa shape index (κ3) is 3.16. The predicted molar refractivity (Wildman–Crippen MR) is 81.5 cm³/mol. The first-order valence-electron chi connectivity index (χ1n) is 7.01. The maximum absolute atomic E-state index is 12.3. The number of para-hydroxylation sites is 1. The summed E-state index contributed by atoms with van der Waals surface area (Å²) in [4.78, 5) is 16.8. The molecule has 1 aromatic rings. The van der Waals surface area contributed by atoms with Crippen LogP contribution in [0.25, 0.3) is 0 Å². The summed E-state index contributed by atoms with van der Waals surface area (Å²) >= 11 is 0. The van der Waals surface area contributed by atoms with E-state index >= 15 is 0 Å². The van der Waals surface area contributed by atoms with Gasteiger partial charge in [0.25, 0.3) is 0 Å². The average molecular weight is 271 g/mol. The smallest absolute Gasteiger partial charge is 0.168 e. The van der Waals surface area contributed by atoms with Gasteiger partial charge in [0.05, 0.1) is 17.0 Å². The lowest BCUT2D eigenvalue weighted by Gasteiger charge is -2.29. The van der Waals surface area contributed by atoms with E-state index in [1.165, 1.54) is 0 Å². The molecule has 1 aliphatic rings. The highest BCUT2D eigenvalue weighted by molar-refractivity contribution is 6.23. The Kier molecular flexibility index (Phi) is 4.07. The summed E-state index contributed by atoms with van der Waals surface area (Å²) in [5.41, 5.74) is 1.74. The SMILES string of the molecule is CCC(=Nc1ccccc1)C1=C(O)CC(C)(C)CC1=O. The Morgan fingerprint density at radius 1 is 1.25 bits per heavy atom. The lowest BCUT2D eigenvalue weighted by molar-refractivity contribution is -0.117. The predicted octanol–water partition coefficient (Wildman–Crippen LogP) is 4.37. The van der Waals surface area contributed by atoms with Crippen LogP contribution >= 0.6 is 0 Å². The first-order chi connectivity index (χ1) is 9.43. The quantitative estimate of drug-likeness (QED) is 0.830. The standard InChI is InChI=1S/C17H21NO2/c1-4-13(18-12-8-6-5-7-9-12)16-14(19)10-17(2,3)11-15(16)20/h5-9,19H,4,10-11H2,1-3H3. The number of aliphatic imine (C=N–C) groups is 1. The van der Waals surface area contributed by atoms with Crippen molar-refractivity contribution in [1.29, 1.82) is 0 Å². The lowest BCUT2D eigenvalue weighted by Crippen LogP contribution is -2.29. The van der Waals surface area contributed by atoms with Crippen LogP contribution in [0.5, 0.6) is 0 Å². The van der Waals surface area contributed by atoms with Crippen LogP contribution in [0.2, 0.25) is 0 Å². The number of aliphatic hydroxyl groups excluding tert-OH is 1. The van der Waals surface area contributed by atoms with Gasteiger partial charge in [-0.1, -0.05) is 39.0 Å². The Morgan fingerprint density at radius 2 is 1.90 bits per heavy atom. The van der Waals surface area contributed by atoms with E-state index in [4.69, 9.17) is 0 Å². The fraction of sp³-hybridized carbons (Fsp3) is 0.412. The zero-order chi connectivity index (χ0) is 14.8. The molecule has 3 nitrogen and oxygen atoms in total. The average Bonchev–Trinajstić information content (AvgIpc) is 2.36. The Morgan fingerprint density at radius 3 is 2.45 bits per heavy atom. The largest absolute Gasteiger partial charge is 0.511 e. The van der Waals surface area contributed by atoms with Crippen molar-refractivity contribution < 1.29 is 9.90 Å². The molecule has 1 aromatic carbocycles. The second kappa shape index (κ2) is 5.61. The van der Waals surface area contributed by atoms with Crippen molar-refractivity contribution >= 4 is 17.2 Å². The second-order valence-electron chi connectivity index (χ2n) is 6.01. The van der Waals surface area contributed by atoms with Crippen LogP contribution in [-0.2, 0) is 4.79 Å². The Labute approximate surface area is 120 Å². The highest BCUT2D eigenvalue weighted by atomic mass is 16.3. The summed E-state index contributed by atoms with van der Waals surface area (Å²) in [5.74, 6) is 0.179. The molecule has 1 aliphatic carbocycles. The van der Waals surface area contributed by atoms with Gasteiger partial charge in [0.2, 0.25) is 0 Å². The van der Waals surface area contributed by atoms with E-state index in [1.54, 1.807) is 0 Å². The number of benzene rings is 1. The summed E-state index contributed by atoms with van der Waals surface area (Å²) < 4.78 is 0. The van der Waals surface area contributed by atoms with E-state index in [0.29, 0.717) is 30.5 Å². The summed E-state index contributed by atoms with van der Waals surface area (Å²) in [6.45, 7) is 5.95. The minimum Gasteiger partial charge on any atom is -0.511 e. The lowest BCUT2D eigenvalue weighted by atomic mass is 9.75. The van der Waals surface area contributed by atoms with Crippen molar-refractivity contribution in [2.24, 2.45) is 10.4 Å². The first kappa shape index (κ1) is 14.5. The van der Waals surface area contributed by atoms with Gasteiger partial charge in [0.15, 0.2) is 5.78 Å². The van der Waals surface area contributed by atoms with Gasteiger partial charge in [-0.15, -0.1) is 0 Å². The van der Waals surface area contributed by atoms with Crippen molar-refractivity contribution in [3.05, 3.63) is 41.7 Å². The molecular formula is C17H21NO2. The summed E-state index contributed by atoms with van der Waals surface area (Å²) in [5, 5.41) is 10.2. The molecule has 0 aliphatic heterocycles. The molecule has 106 valence electrons. The number of ketones is 1. The number of rotatable bonds is 3. The van der Waals surface area contributed by atoms with Crippen LogP contribution in [-0.4, -0.2) is 16.6 Å². The number of Topliss-reactive ketones (excluding diaryl/α,β-unsaturated/α-hetero) is 1. The van der Waals surface area contributed by atoms with Gasteiger partial charge in [0, 0.05) is 12.8 Å². The van der Waals surface area contributed by atoms with Gasteiger partial charge in [-0.05, 0) is 24.0 Å². The number of carbonyl (C=O) groups is 1. The molecule has 0 amide bonds. The number of hydrogen-bond donors (Lipinski definition) is 1. The van der Waals surface area contributed by atoms with Crippen LogP contribution in [0, 0.1) is 5.41 Å². The van der Waals surface area contributed by atoms with E-state index < -0.39 is 0 Å². The number of aliphatic hydroxyl groups is 1. The summed E-state index contributed by atoms with van der Waals surface area (Å²) in [6, 6.07) is 9.53. The van der Waals surface area contributed by atoms with E-state index in [9.17, 15) is 9.90 Å². The highest BCUT2D eigenvalue weighted by Gasteiger charge is 2.34. The van der Waals surface area contributed by atoms with E-state index in [2.05, 4.69) is 4.99 Å². The normalized spacial score (nSPS) is 19.4. The molecular weight excluding hydrogens is 250 g/mol. The molecule has 3 heteroatoms. The second-order valence-corrected chi connectivity index (χ2v) is 6.01. The molecule has 0 fully saturated rings. The van der Waals surface area contributed by atoms with Crippen molar-refractivity contribution in [2.75, 3.05) is 0 Å². The molecule has 0 saturated carbocycles. The van der Waals surface area contributed by atoms with Crippen LogP contribution in [0.15, 0.2) is 46.7 Å². The molecule has 0 bridgehead atoms. The van der Waals surface area contributed by atoms with E-state index in [0.717, 1.165) is 5.69 Å². The Bertz CT molecular complexity index is 568. The molecule has 0 radical (unpaired) electrons. The zero-order valence-electron chi connectivity index (χ0n) is 12.3. The maximum Gasteiger partial charge on any atom is 0.168 e. The van der Waals surface area contributed by atoms with E-state index in [1.807, 2.05) is 51.1 Å². The Balaban J connectivity index is 2.42. The van der Waals surface area contributed by atoms with E-state index in [-0.39, 0.29) is 17.0 Å². The molecule has 0 spiro atoms. The molecule has 0 saturated heterocycles. The van der Waals surface area contributed by atoms with Crippen molar-refractivity contribution in [2.45, 2.75) is 40.0 Å². The number of hydrogen-bond acceptors (Lipinski definition) is 3. The number of allylic oxidation sites excluding steroid dienone is 2. The molecule has 20 heavy (non-hydrogen) atoms. The zero-order valence-corrected chi connectivity index (χ0v) is 12.3. The van der Waals surface area contributed by atoms with Crippen molar-refractivity contribution in [3.63, 3.8) is 0 Å². The third-order valence-electron chi connectivity index (χ3n) is 3.50. The Hall–Kier alpha value is -1.90. The fourth-order valence-corrected chi connectivity index (χ4v) is 2.59.